The molecular weight excluding hydrogens is 360 g/mol. The summed E-state index contributed by atoms with van der Waals surface area (Å²) >= 11 is 1.57. The standard InChI is InChI=1S/C21H12N2O3S/c24-19-10-8-13-7-9-14(12-17(13)26-19)25-21-15-4-1-2-5-16(15)22-20(23-21)18-6-3-11-27-18/h1-12H. The summed E-state index contributed by atoms with van der Waals surface area (Å²) < 4.78 is 11.3. The minimum absolute atomic E-state index is 0.396. The molecule has 6 heteroatoms. The zero-order chi connectivity index (χ0) is 18.2. The number of benzene rings is 2. The van der Waals surface area contributed by atoms with Crippen molar-refractivity contribution < 1.29 is 9.15 Å². The van der Waals surface area contributed by atoms with Crippen LogP contribution in [-0.4, -0.2) is 9.97 Å². The lowest BCUT2D eigenvalue weighted by Crippen LogP contribution is -1.96. The Morgan fingerprint density at radius 2 is 1.81 bits per heavy atom. The molecule has 0 saturated carbocycles. The van der Waals surface area contributed by atoms with Crippen molar-refractivity contribution in [3.05, 3.63) is 82.5 Å². The minimum Gasteiger partial charge on any atom is -0.438 e. The number of nitrogens with zero attached hydrogens (tertiary/aromatic N) is 2. The predicted molar refractivity (Wildman–Crippen MR) is 105 cm³/mol. The van der Waals surface area contributed by atoms with Crippen molar-refractivity contribution in [2.45, 2.75) is 0 Å². The maximum atomic E-state index is 11.5. The van der Waals surface area contributed by atoms with Crippen LogP contribution in [0, 0.1) is 0 Å². The molecule has 0 aliphatic carbocycles. The molecule has 0 atom stereocenters. The van der Waals surface area contributed by atoms with Crippen molar-refractivity contribution in [1.29, 1.82) is 0 Å². The highest BCUT2D eigenvalue weighted by Gasteiger charge is 2.12. The molecule has 0 aliphatic rings. The van der Waals surface area contributed by atoms with E-state index in [1.165, 1.54) is 6.07 Å². The first-order valence-electron chi connectivity index (χ1n) is 8.29. The van der Waals surface area contributed by atoms with Gasteiger partial charge >= 0.3 is 5.63 Å². The van der Waals surface area contributed by atoms with Crippen molar-refractivity contribution in [2.24, 2.45) is 0 Å². The first-order chi connectivity index (χ1) is 13.3. The Hall–Kier alpha value is -3.51. The van der Waals surface area contributed by atoms with E-state index in [4.69, 9.17) is 9.15 Å². The smallest absolute Gasteiger partial charge is 0.336 e. The van der Waals surface area contributed by atoms with Gasteiger partial charge in [0.2, 0.25) is 5.88 Å². The molecule has 0 N–H and O–H groups in total. The zero-order valence-corrected chi connectivity index (χ0v) is 14.8. The summed E-state index contributed by atoms with van der Waals surface area (Å²) in [6.07, 6.45) is 0. The molecule has 0 radical (unpaired) electrons. The van der Waals surface area contributed by atoms with E-state index in [1.807, 2.05) is 53.9 Å². The number of rotatable bonds is 3. The first kappa shape index (κ1) is 15.7. The second kappa shape index (κ2) is 6.34. The molecule has 0 aliphatic heterocycles. The normalized spacial score (nSPS) is 11.1. The molecule has 0 unspecified atom stereocenters. The molecule has 0 bridgehead atoms. The Bertz CT molecular complexity index is 1330. The number of hydrogen-bond donors (Lipinski definition) is 0. The molecule has 0 amide bonds. The number of para-hydroxylation sites is 1. The van der Waals surface area contributed by atoms with Gasteiger partial charge in [-0.25, -0.2) is 9.78 Å². The second-order valence-electron chi connectivity index (χ2n) is 5.90. The van der Waals surface area contributed by atoms with Gasteiger partial charge in [0.15, 0.2) is 5.82 Å². The van der Waals surface area contributed by atoms with Crippen LogP contribution in [0.15, 0.2) is 81.3 Å². The quantitative estimate of drug-likeness (QED) is 0.404. The number of ether oxygens (including phenoxy) is 1. The Morgan fingerprint density at radius 1 is 0.926 bits per heavy atom. The van der Waals surface area contributed by atoms with E-state index in [0.717, 1.165) is 21.2 Å². The minimum atomic E-state index is -0.396. The molecule has 5 nitrogen and oxygen atoms in total. The molecule has 3 heterocycles. The summed E-state index contributed by atoms with van der Waals surface area (Å²) in [6, 6.07) is 20.1. The predicted octanol–water partition coefficient (Wildman–Crippen LogP) is 5.26. The van der Waals surface area contributed by atoms with Crippen LogP contribution in [0.3, 0.4) is 0 Å². The summed E-state index contributed by atoms with van der Waals surface area (Å²) in [6.45, 7) is 0. The van der Waals surface area contributed by atoms with Gasteiger partial charge in [0, 0.05) is 17.5 Å². The fourth-order valence-electron chi connectivity index (χ4n) is 2.86. The van der Waals surface area contributed by atoms with Crippen LogP contribution in [0.5, 0.6) is 11.6 Å². The monoisotopic (exact) mass is 372 g/mol. The average Bonchev–Trinajstić information content (AvgIpc) is 3.22. The van der Waals surface area contributed by atoms with Gasteiger partial charge in [-0.05, 0) is 41.8 Å². The third kappa shape index (κ3) is 2.96. The van der Waals surface area contributed by atoms with Crippen LogP contribution < -0.4 is 10.4 Å². The van der Waals surface area contributed by atoms with Crippen molar-refractivity contribution >= 4 is 33.2 Å². The summed E-state index contributed by atoms with van der Waals surface area (Å²) in [5.41, 5.74) is 0.877. The maximum Gasteiger partial charge on any atom is 0.336 e. The molecule has 3 aromatic heterocycles. The van der Waals surface area contributed by atoms with Crippen LogP contribution in [0.1, 0.15) is 0 Å². The maximum absolute atomic E-state index is 11.5. The molecular formula is C21H12N2O3S. The summed E-state index contributed by atoms with van der Waals surface area (Å²) in [5, 5.41) is 3.63. The van der Waals surface area contributed by atoms with Crippen LogP contribution in [0.4, 0.5) is 0 Å². The first-order valence-corrected chi connectivity index (χ1v) is 9.17. The van der Waals surface area contributed by atoms with Gasteiger partial charge in [-0.1, -0.05) is 18.2 Å². The Kier molecular flexibility index (Phi) is 3.69. The van der Waals surface area contributed by atoms with Gasteiger partial charge < -0.3 is 9.15 Å². The molecule has 130 valence electrons. The molecule has 5 rings (SSSR count). The Morgan fingerprint density at radius 3 is 2.70 bits per heavy atom. The van der Waals surface area contributed by atoms with Crippen LogP contribution in [0.25, 0.3) is 32.6 Å². The van der Waals surface area contributed by atoms with Gasteiger partial charge in [-0.2, -0.15) is 4.98 Å². The van der Waals surface area contributed by atoms with E-state index >= 15 is 0 Å². The zero-order valence-electron chi connectivity index (χ0n) is 14.0. The van der Waals surface area contributed by atoms with E-state index in [0.29, 0.717) is 23.0 Å². The fourth-order valence-corrected chi connectivity index (χ4v) is 3.51. The van der Waals surface area contributed by atoms with Gasteiger partial charge in [-0.3, -0.25) is 0 Å². The SMILES string of the molecule is O=c1ccc2ccc(Oc3nc(-c4cccs4)nc4ccccc34)cc2o1. The van der Waals surface area contributed by atoms with Crippen molar-refractivity contribution in [1.82, 2.24) is 9.97 Å². The largest absolute Gasteiger partial charge is 0.438 e. The van der Waals surface area contributed by atoms with Crippen molar-refractivity contribution in [2.75, 3.05) is 0 Å². The Balaban J connectivity index is 1.65. The summed E-state index contributed by atoms with van der Waals surface area (Å²) in [7, 11) is 0. The summed E-state index contributed by atoms with van der Waals surface area (Å²) in [5.74, 6) is 1.62. The van der Waals surface area contributed by atoms with E-state index in [9.17, 15) is 4.79 Å². The second-order valence-corrected chi connectivity index (χ2v) is 6.85. The number of hydrogen-bond acceptors (Lipinski definition) is 6. The van der Waals surface area contributed by atoms with E-state index in [-0.39, 0.29) is 0 Å². The van der Waals surface area contributed by atoms with Gasteiger partial charge in [0.05, 0.1) is 15.8 Å². The van der Waals surface area contributed by atoms with E-state index in [1.54, 1.807) is 23.5 Å². The van der Waals surface area contributed by atoms with Crippen LogP contribution in [-0.2, 0) is 0 Å². The van der Waals surface area contributed by atoms with Crippen molar-refractivity contribution in [3.63, 3.8) is 0 Å². The van der Waals surface area contributed by atoms with Crippen molar-refractivity contribution in [3.8, 4) is 22.3 Å². The highest BCUT2D eigenvalue weighted by molar-refractivity contribution is 7.13. The number of aromatic nitrogens is 2. The third-order valence-electron chi connectivity index (χ3n) is 4.12. The highest BCUT2D eigenvalue weighted by atomic mass is 32.1. The molecule has 0 saturated heterocycles. The third-order valence-corrected chi connectivity index (χ3v) is 4.98. The van der Waals surface area contributed by atoms with Gasteiger partial charge in [0.1, 0.15) is 11.3 Å². The molecule has 5 aromatic rings. The fraction of sp³-hybridized carbons (Fsp3) is 0. The lowest BCUT2D eigenvalue weighted by molar-refractivity contribution is 0.467. The van der Waals surface area contributed by atoms with Gasteiger partial charge in [0.25, 0.3) is 0 Å². The molecule has 2 aromatic carbocycles. The molecule has 27 heavy (non-hydrogen) atoms. The molecule has 0 fully saturated rings. The highest BCUT2D eigenvalue weighted by Crippen LogP contribution is 2.32. The summed E-state index contributed by atoms with van der Waals surface area (Å²) in [4.78, 5) is 21.7. The van der Waals surface area contributed by atoms with Gasteiger partial charge in [-0.15, -0.1) is 11.3 Å². The van der Waals surface area contributed by atoms with E-state index < -0.39 is 5.63 Å². The number of fused-ring (bicyclic) bond motifs is 2. The number of thiophene rings is 1. The van der Waals surface area contributed by atoms with Crippen LogP contribution in [0.2, 0.25) is 0 Å². The average molecular weight is 372 g/mol. The lowest BCUT2D eigenvalue weighted by atomic mass is 10.2. The topological polar surface area (TPSA) is 65.2 Å². The lowest BCUT2D eigenvalue weighted by Gasteiger charge is -2.10. The van der Waals surface area contributed by atoms with Crippen LogP contribution >= 0.6 is 11.3 Å². The Labute approximate surface area is 157 Å². The molecule has 0 spiro atoms. The van der Waals surface area contributed by atoms with E-state index in [2.05, 4.69) is 9.97 Å².